The van der Waals surface area contributed by atoms with Crippen molar-refractivity contribution in [3.05, 3.63) is 59.6 Å². The molecule has 0 radical (unpaired) electrons. The Hall–Kier alpha value is -3.35. The highest BCUT2D eigenvalue weighted by Gasteiger charge is 2.07. The van der Waals surface area contributed by atoms with Crippen molar-refractivity contribution < 1.29 is 18.8 Å². The number of hydrogen-bond acceptors (Lipinski definition) is 4. The third-order valence-electron chi connectivity index (χ3n) is 3.21. The predicted octanol–water partition coefficient (Wildman–Crippen LogP) is 2.41. The predicted molar refractivity (Wildman–Crippen MR) is 93.5 cm³/mol. The van der Waals surface area contributed by atoms with Crippen LogP contribution in [0.25, 0.3) is 6.08 Å². The fourth-order valence-electron chi connectivity index (χ4n) is 1.89. The van der Waals surface area contributed by atoms with E-state index in [2.05, 4.69) is 16.2 Å². The molecule has 0 bridgehead atoms. The van der Waals surface area contributed by atoms with Gasteiger partial charge in [-0.3, -0.25) is 25.2 Å². The molecule has 0 aliphatic heterocycles. The van der Waals surface area contributed by atoms with Gasteiger partial charge >= 0.3 is 0 Å². The van der Waals surface area contributed by atoms with Gasteiger partial charge in [-0.15, -0.1) is 0 Å². The monoisotopic (exact) mass is 341 g/mol. The third-order valence-corrected chi connectivity index (χ3v) is 3.21. The number of aryl methyl sites for hydroxylation is 1. The number of carbonyl (C=O) groups excluding carboxylic acids is 3. The second-order valence-corrected chi connectivity index (χ2v) is 5.20. The summed E-state index contributed by atoms with van der Waals surface area (Å²) < 4.78 is 5.29. The maximum absolute atomic E-state index is 12.0. The van der Waals surface area contributed by atoms with Crippen LogP contribution in [0.4, 0.5) is 5.69 Å². The van der Waals surface area contributed by atoms with E-state index in [0.29, 0.717) is 23.4 Å². The first-order valence-electron chi connectivity index (χ1n) is 7.72. The van der Waals surface area contributed by atoms with Crippen molar-refractivity contribution in [1.82, 2.24) is 10.9 Å². The number of nitrogens with one attached hydrogen (secondary N) is 3. The molecule has 0 aliphatic rings. The average molecular weight is 341 g/mol. The number of carbonyl (C=O) groups is 3. The lowest BCUT2D eigenvalue weighted by Crippen LogP contribution is -2.40. The Balaban J connectivity index is 1.84. The summed E-state index contributed by atoms with van der Waals surface area (Å²) in [5.41, 5.74) is 5.53. The highest BCUT2D eigenvalue weighted by atomic mass is 16.3. The third kappa shape index (κ3) is 5.65. The lowest BCUT2D eigenvalue weighted by molar-refractivity contribution is -0.117. The van der Waals surface area contributed by atoms with E-state index in [-0.39, 0.29) is 5.91 Å². The topological polar surface area (TPSA) is 100 Å². The van der Waals surface area contributed by atoms with Gasteiger partial charge in [0.05, 0.1) is 0 Å². The molecular weight excluding hydrogens is 322 g/mol. The second kappa shape index (κ2) is 8.49. The summed E-state index contributed by atoms with van der Waals surface area (Å²) in [5.74, 6) is 0.219. The van der Waals surface area contributed by atoms with Crippen molar-refractivity contribution in [2.45, 2.75) is 20.3 Å². The molecular formula is C18H19N3O4. The molecule has 1 heterocycles. The van der Waals surface area contributed by atoms with Crippen LogP contribution in [0.15, 0.2) is 46.9 Å². The van der Waals surface area contributed by atoms with Gasteiger partial charge in [0.15, 0.2) is 0 Å². The summed E-state index contributed by atoms with van der Waals surface area (Å²) in [4.78, 5) is 34.9. The van der Waals surface area contributed by atoms with Gasteiger partial charge < -0.3 is 9.73 Å². The fourth-order valence-corrected chi connectivity index (χ4v) is 1.89. The van der Waals surface area contributed by atoms with Gasteiger partial charge in [-0.1, -0.05) is 6.92 Å². The number of benzene rings is 1. The molecule has 7 nitrogen and oxygen atoms in total. The summed E-state index contributed by atoms with van der Waals surface area (Å²) in [6.45, 7) is 3.55. The smallest absolute Gasteiger partial charge is 0.269 e. The molecule has 2 rings (SSSR count). The fraction of sp³-hybridized carbons (Fsp3) is 0.167. The maximum atomic E-state index is 12.0. The largest absolute Gasteiger partial charge is 0.462 e. The number of rotatable bonds is 5. The Kier molecular flexibility index (Phi) is 6.11. The minimum atomic E-state index is -0.491. The highest BCUT2D eigenvalue weighted by Crippen LogP contribution is 2.10. The van der Waals surface area contributed by atoms with Crippen molar-refractivity contribution in [2.24, 2.45) is 0 Å². The van der Waals surface area contributed by atoms with Crippen LogP contribution in [0.1, 0.15) is 35.2 Å². The average Bonchev–Trinajstić information content (AvgIpc) is 3.03. The Bertz CT molecular complexity index is 791. The molecule has 0 saturated heterocycles. The van der Waals surface area contributed by atoms with Crippen LogP contribution >= 0.6 is 0 Å². The SMILES string of the molecule is CCC(=O)Nc1ccc(C(=O)NNC(=O)C=Cc2ccc(C)o2)cc1. The van der Waals surface area contributed by atoms with Crippen LogP contribution in [0.2, 0.25) is 0 Å². The molecule has 7 heteroatoms. The zero-order chi connectivity index (χ0) is 18.2. The van der Waals surface area contributed by atoms with Gasteiger partial charge in [0.1, 0.15) is 11.5 Å². The summed E-state index contributed by atoms with van der Waals surface area (Å²) in [6, 6.07) is 9.85. The van der Waals surface area contributed by atoms with E-state index in [1.165, 1.54) is 12.2 Å². The quantitative estimate of drug-likeness (QED) is 0.574. The Morgan fingerprint density at radius 3 is 2.36 bits per heavy atom. The van der Waals surface area contributed by atoms with Gasteiger partial charge in [-0.25, -0.2) is 0 Å². The lowest BCUT2D eigenvalue weighted by atomic mass is 10.2. The van der Waals surface area contributed by atoms with Crippen molar-refractivity contribution in [1.29, 1.82) is 0 Å². The van der Waals surface area contributed by atoms with E-state index in [0.717, 1.165) is 5.76 Å². The summed E-state index contributed by atoms with van der Waals surface area (Å²) in [7, 11) is 0. The van der Waals surface area contributed by atoms with E-state index in [9.17, 15) is 14.4 Å². The first kappa shape index (κ1) is 18.0. The van der Waals surface area contributed by atoms with Crippen LogP contribution in [0.3, 0.4) is 0 Å². The van der Waals surface area contributed by atoms with Gasteiger partial charge in [0, 0.05) is 23.7 Å². The molecule has 1 aromatic heterocycles. The number of furan rings is 1. The molecule has 0 fully saturated rings. The van der Waals surface area contributed by atoms with Crippen LogP contribution in [0.5, 0.6) is 0 Å². The summed E-state index contributed by atoms with van der Waals surface area (Å²) in [6.07, 6.45) is 3.13. The van der Waals surface area contributed by atoms with E-state index in [4.69, 9.17) is 4.42 Å². The first-order chi connectivity index (χ1) is 12.0. The summed E-state index contributed by atoms with van der Waals surface area (Å²) >= 11 is 0. The second-order valence-electron chi connectivity index (χ2n) is 5.20. The molecule has 1 aromatic carbocycles. The molecule has 3 N–H and O–H groups in total. The van der Waals surface area contributed by atoms with Gasteiger partial charge in [0.2, 0.25) is 5.91 Å². The molecule has 0 aliphatic carbocycles. The Morgan fingerprint density at radius 1 is 1.04 bits per heavy atom. The number of hydrazine groups is 1. The molecule has 3 amide bonds. The Labute approximate surface area is 145 Å². The molecule has 130 valence electrons. The number of anilines is 1. The maximum Gasteiger partial charge on any atom is 0.269 e. The van der Waals surface area contributed by atoms with Crippen LogP contribution in [-0.4, -0.2) is 17.7 Å². The van der Waals surface area contributed by atoms with Crippen molar-refractivity contribution in [3.63, 3.8) is 0 Å². The van der Waals surface area contributed by atoms with Crippen molar-refractivity contribution in [3.8, 4) is 0 Å². The number of hydrogen-bond donors (Lipinski definition) is 3. The van der Waals surface area contributed by atoms with Gasteiger partial charge in [0.25, 0.3) is 11.8 Å². The molecule has 25 heavy (non-hydrogen) atoms. The molecule has 0 saturated carbocycles. The van der Waals surface area contributed by atoms with E-state index < -0.39 is 11.8 Å². The summed E-state index contributed by atoms with van der Waals surface area (Å²) in [5, 5.41) is 2.68. The highest BCUT2D eigenvalue weighted by molar-refractivity contribution is 5.98. The normalized spacial score (nSPS) is 10.5. The first-order valence-corrected chi connectivity index (χ1v) is 7.72. The van der Waals surface area contributed by atoms with Gasteiger partial charge in [-0.2, -0.15) is 0 Å². The Morgan fingerprint density at radius 2 is 1.76 bits per heavy atom. The zero-order valence-electron chi connectivity index (χ0n) is 14.0. The standard InChI is InChI=1S/C18H19N3O4/c1-3-16(22)19-14-7-5-13(6-8-14)18(24)21-20-17(23)11-10-15-9-4-12(2)25-15/h4-11H,3H2,1-2H3,(H,19,22)(H,20,23)(H,21,24). The van der Waals surface area contributed by atoms with Crippen molar-refractivity contribution >= 4 is 29.5 Å². The van der Waals surface area contributed by atoms with Crippen LogP contribution in [0, 0.1) is 6.92 Å². The molecule has 2 aromatic rings. The minimum Gasteiger partial charge on any atom is -0.462 e. The van der Waals surface area contributed by atoms with Crippen LogP contribution in [-0.2, 0) is 9.59 Å². The van der Waals surface area contributed by atoms with Crippen LogP contribution < -0.4 is 16.2 Å². The van der Waals surface area contributed by atoms with Crippen molar-refractivity contribution in [2.75, 3.05) is 5.32 Å². The van der Waals surface area contributed by atoms with E-state index in [1.807, 2.05) is 0 Å². The van der Waals surface area contributed by atoms with Gasteiger partial charge in [-0.05, 0) is 49.4 Å². The van der Waals surface area contributed by atoms with E-state index >= 15 is 0 Å². The minimum absolute atomic E-state index is 0.108. The molecule has 0 spiro atoms. The lowest BCUT2D eigenvalue weighted by Gasteiger charge is -2.07. The number of amides is 3. The molecule has 0 unspecified atom stereocenters. The molecule has 0 atom stereocenters. The van der Waals surface area contributed by atoms with E-state index in [1.54, 1.807) is 50.2 Å². The zero-order valence-corrected chi connectivity index (χ0v) is 14.0.